The molecule has 0 aromatic heterocycles. The standard InChI is InChI=1S/C3H8ClOPS2/c1-5-6(2,7)8-3-4/h3H2,1-2H3. The molecule has 0 heterocycles. The summed E-state index contributed by atoms with van der Waals surface area (Å²) >= 11 is 11.9. The fourth-order valence-electron chi connectivity index (χ4n) is 0.141. The Labute approximate surface area is 64.0 Å². The van der Waals surface area contributed by atoms with Gasteiger partial charge in [0.2, 0.25) is 0 Å². The number of rotatable bonds is 3. The number of alkyl halides is 1. The van der Waals surface area contributed by atoms with E-state index < -0.39 is 5.47 Å². The third-order valence-corrected chi connectivity index (χ3v) is 6.27. The van der Waals surface area contributed by atoms with E-state index in [1.165, 1.54) is 11.4 Å². The Morgan fingerprint density at radius 3 is 2.50 bits per heavy atom. The van der Waals surface area contributed by atoms with Crippen molar-refractivity contribution in [2.75, 3.05) is 19.0 Å². The zero-order valence-electron chi connectivity index (χ0n) is 4.76. The molecule has 0 aliphatic carbocycles. The lowest BCUT2D eigenvalue weighted by Crippen LogP contribution is -1.73. The Morgan fingerprint density at radius 1 is 1.88 bits per heavy atom. The van der Waals surface area contributed by atoms with Crippen molar-refractivity contribution in [1.29, 1.82) is 0 Å². The highest BCUT2D eigenvalue weighted by Gasteiger charge is 2.05. The number of hydrogen-bond acceptors (Lipinski definition) is 3. The van der Waals surface area contributed by atoms with Crippen LogP contribution in [0.4, 0.5) is 0 Å². The molecule has 0 N–H and O–H groups in total. The van der Waals surface area contributed by atoms with E-state index in [2.05, 4.69) is 0 Å². The molecule has 1 atom stereocenters. The minimum atomic E-state index is -1.56. The molecule has 0 bridgehead atoms. The fraction of sp³-hybridized carbons (Fsp3) is 1.00. The van der Waals surface area contributed by atoms with Gasteiger partial charge in [0.25, 0.3) is 0 Å². The maximum absolute atomic E-state index is 5.41. The largest absolute Gasteiger partial charge is 0.345 e. The lowest BCUT2D eigenvalue weighted by molar-refractivity contribution is 0.474. The van der Waals surface area contributed by atoms with E-state index >= 15 is 0 Å². The van der Waals surface area contributed by atoms with E-state index in [1.807, 2.05) is 6.66 Å². The predicted molar refractivity (Wildman–Crippen MR) is 45.5 cm³/mol. The summed E-state index contributed by atoms with van der Waals surface area (Å²) in [5.74, 6) is 0. The molecule has 8 heavy (non-hydrogen) atoms. The van der Waals surface area contributed by atoms with Gasteiger partial charge in [0.15, 0.2) is 0 Å². The average molecular weight is 191 g/mol. The molecule has 0 rings (SSSR count). The highest BCUT2D eigenvalue weighted by Crippen LogP contribution is 2.55. The molecule has 0 aromatic rings. The first-order valence-electron chi connectivity index (χ1n) is 1.96. The van der Waals surface area contributed by atoms with Crippen molar-refractivity contribution in [2.24, 2.45) is 0 Å². The van der Waals surface area contributed by atoms with Crippen LogP contribution >= 0.6 is 28.4 Å². The Hall–Kier alpha value is 1.25. The molecule has 1 nitrogen and oxygen atoms in total. The molecule has 0 aromatic carbocycles. The normalized spacial score (nSPS) is 17.9. The van der Waals surface area contributed by atoms with Gasteiger partial charge < -0.3 is 4.52 Å². The van der Waals surface area contributed by atoms with E-state index in [-0.39, 0.29) is 0 Å². The lowest BCUT2D eigenvalue weighted by atomic mass is 11.8. The molecule has 0 fully saturated rings. The van der Waals surface area contributed by atoms with Gasteiger partial charge in [0.05, 0.1) is 5.21 Å². The first-order chi connectivity index (χ1) is 3.62. The minimum absolute atomic E-state index is 0.529. The van der Waals surface area contributed by atoms with Gasteiger partial charge in [0.1, 0.15) is 5.47 Å². The van der Waals surface area contributed by atoms with Gasteiger partial charge in [-0.1, -0.05) is 23.2 Å². The van der Waals surface area contributed by atoms with Crippen molar-refractivity contribution >= 4 is 40.3 Å². The van der Waals surface area contributed by atoms with Crippen LogP contribution in [0.1, 0.15) is 0 Å². The van der Waals surface area contributed by atoms with Gasteiger partial charge in [-0.25, -0.2) is 0 Å². The Balaban J connectivity index is 3.55. The molecule has 0 aliphatic heterocycles. The van der Waals surface area contributed by atoms with Gasteiger partial charge in [-0.3, -0.25) is 0 Å². The van der Waals surface area contributed by atoms with Crippen LogP contribution in [-0.4, -0.2) is 19.0 Å². The summed E-state index contributed by atoms with van der Waals surface area (Å²) in [4.78, 5) is 0. The maximum atomic E-state index is 5.41. The summed E-state index contributed by atoms with van der Waals surface area (Å²) < 4.78 is 4.98. The lowest BCUT2D eigenvalue weighted by Gasteiger charge is -2.09. The Bertz CT molecular complexity index is 107. The van der Waals surface area contributed by atoms with Crippen molar-refractivity contribution in [1.82, 2.24) is 0 Å². The molecule has 0 radical (unpaired) electrons. The molecular weight excluding hydrogens is 183 g/mol. The van der Waals surface area contributed by atoms with Crippen molar-refractivity contribution < 1.29 is 4.52 Å². The molecule has 1 unspecified atom stereocenters. The quantitative estimate of drug-likeness (QED) is 0.500. The molecule has 5 heteroatoms. The number of hydrogen-bond donors (Lipinski definition) is 0. The van der Waals surface area contributed by atoms with Crippen LogP contribution in [-0.2, 0) is 16.3 Å². The smallest absolute Gasteiger partial charge is 0.117 e. The van der Waals surface area contributed by atoms with Crippen LogP contribution in [0.15, 0.2) is 0 Å². The highest BCUT2D eigenvalue weighted by molar-refractivity contribution is 8.69. The van der Waals surface area contributed by atoms with Crippen molar-refractivity contribution in [3.8, 4) is 0 Å². The van der Waals surface area contributed by atoms with Gasteiger partial charge in [-0.15, -0.1) is 11.6 Å². The van der Waals surface area contributed by atoms with Crippen LogP contribution < -0.4 is 0 Å². The summed E-state index contributed by atoms with van der Waals surface area (Å²) in [5, 5.41) is 0.529. The van der Waals surface area contributed by atoms with E-state index in [1.54, 1.807) is 7.11 Å². The van der Waals surface area contributed by atoms with Crippen LogP contribution in [0.5, 0.6) is 0 Å². The fourth-order valence-corrected chi connectivity index (χ4v) is 3.94. The summed E-state index contributed by atoms with van der Waals surface area (Å²) in [7, 11) is 1.63. The first-order valence-corrected chi connectivity index (χ1v) is 7.25. The molecule has 0 aliphatic rings. The van der Waals surface area contributed by atoms with Crippen molar-refractivity contribution in [3.05, 3.63) is 0 Å². The zero-order chi connectivity index (χ0) is 6.62. The predicted octanol–water partition coefficient (Wildman–Crippen LogP) is 2.50. The molecule has 0 spiro atoms. The second-order valence-electron chi connectivity index (χ2n) is 1.19. The summed E-state index contributed by atoms with van der Waals surface area (Å²) in [5.41, 5.74) is -1.56. The van der Waals surface area contributed by atoms with Crippen LogP contribution in [0.25, 0.3) is 0 Å². The Morgan fingerprint density at radius 2 is 2.38 bits per heavy atom. The SMILES string of the molecule is COP(C)(=S)SCCl. The average Bonchev–Trinajstić information content (AvgIpc) is 1.67. The molecule has 0 saturated carbocycles. The van der Waals surface area contributed by atoms with Gasteiger partial charge in [-0.05, 0) is 6.66 Å². The number of halogens is 1. The van der Waals surface area contributed by atoms with Gasteiger partial charge in [-0.2, -0.15) is 0 Å². The Kier molecular flexibility index (Phi) is 4.77. The van der Waals surface area contributed by atoms with Gasteiger partial charge in [0, 0.05) is 7.11 Å². The third-order valence-electron chi connectivity index (χ3n) is 0.615. The monoisotopic (exact) mass is 190 g/mol. The van der Waals surface area contributed by atoms with E-state index in [0.29, 0.717) is 5.21 Å². The summed E-state index contributed by atoms with van der Waals surface area (Å²) in [6.07, 6.45) is 0. The van der Waals surface area contributed by atoms with Gasteiger partial charge >= 0.3 is 0 Å². The topological polar surface area (TPSA) is 9.23 Å². The van der Waals surface area contributed by atoms with E-state index in [4.69, 9.17) is 27.9 Å². The third kappa shape index (κ3) is 4.16. The molecular formula is C3H8ClOPS2. The van der Waals surface area contributed by atoms with Crippen molar-refractivity contribution in [2.45, 2.75) is 0 Å². The van der Waals surface area contributed by atoms with E-state index in [9.17, 15) is 0 Å². The molecule has 0 saturated heterocycles. The molecule has 0 amide bonds. The summed E-state index contributed by atoms with van der Waals surface area (Å²) in [6.45, 7) is 1.91. The minimum Gasteiger partial charge on any atom is -0.345 e. The first kappa shape index (κ1) is 9.25. The second kappa shape index (κ2) is 4.13. The van der Waals surface area contributed by atoms with E-state index in [0.717, 1.165) is 0 Å². The summed E-state index contributed by atoms with van der Waals surface area (Å²) in [6, 6.07) is 0. The maximum Gasteiger partial charge on any atom is 0.117 e. The zero-order valence-corrected chi connectivity index (χ0v) is 8.04. The second-order valence-corrected chi connectivity index (χ2v) is 9.88. The molecule has 50 valence electrons. The van der Waals surface area contributed by atoms with Crippen molar-refractivity contribution in [3.63, 3.8) is 0 Å². The van der Waals surface area contributed by atoms with Crippen LogP contribution in [0.2, 0.25) is 0 Å². The van der Waals surface area contributed by atoms with Crippen LogP contribution in [0.3, 0.4) is 0 Å². The highest BCUT2D eigenvalue weighted by atomic mass is 35.5. The van der Waals surface area contributed by atoms with Crippen LogP contribution in [0, 0.1) is 0 Å².